The fourth-order valence-electron chi connectivity index (χ4n) is 2.21. The minimum absolute atomic E-state index is 0.0546. The summed E-state index contributed by atoms with van der Waals surface area (Å²) in [5.74, 6) is -0.277. The van der Waals surface area contributed by atoms with Crippen LogP contribution in [0.2, 0.25) is 0 Å². The minimum atomic E-state index is -4.62. The second kappa shape index (κ2) is 14.6. The number of nitrogens with zero attached hydrogens (tertiary/aromatic N) is 1. The van der Waals surface area contributed by atoms with Gasteiger partial charge in [0.25, 0.3) is 0 Å². The van der Waals surface area contributed by atoms with E-state index in [-0.39, 0.29) is 29.5 Å². The fourth-order valence-corrected chi connectivity index (χ4v) is 2.69. The van der Waals surface area contributed by atoms with Crippen molar-refractivity contribution in [3.8, 4) is 5.75 Å². The van der Waals surface area contributed by atoms with E-state index in [1.54, 1.807) is 0 Å². The van der Waals surface area contributed by atoms with Gasteiger partial charge < -0.3 is 29.5 Å². The number of hydrogen-bond acceptors (Lipinski definition) is 8. The maximum absolute atomic E-state index is 13.5. The first kappa shape index (κ1) is 27.6. The van der Waals surface area contributed by atoms with Gasteiger partial charge in [0, 0.05) is 25.0 Å². The molecule has 176 valence electrons. The molecule has 0 saturated carbocycles. The first-order valence-corrected chi connectivity index (χ1v) is 11.0. The predicted molar refractivity (Wildman–Crippen MR) is 116 cm³/mol. The Morgan fingerprint density at radius 1 is 1.29 bits per heavy atom. The van der Waals surface area contributed by atoms with Crippen LogP contribution in [0.1, 0.15) is 37.3 Å². The van der Waals surface area contributed by atoms with Crippen molar-refractivity contribution in [3.05, 3.63) is 29.3 Å². The standard InChI is InChI=1S/C18H27F3N3O5PS/c1-2-7-27-8-3-4-9-28-16-6-5-13(10-15(16)18(19,20)21)17(31)24-23-11-14(22)12-29-30(25)26/h5-6,10-11,14,25-26H,2-4,7-9,12,22H2,1H3,(H,24,31)/b23-11+. The molecule has 0 aliphatic rings. The first-order chi connectivity index (χ1) is 14.6. The molecule has 0 spiro atoms. The zero-order chi connectivity index (χ0) is 23.3. The number of hydrogen-bond donors (Lipinski definition) is 4. The summed E-state index contributed by atoms with van der Waals surface area (Å²) in [5, 5.41) is 3.73. The largest absolute Gasteiger partial charge is 0.493 e. The highest BCUT2D eigenvalue weighted by molar-refractivity contribution is 7.80. The van der Waals surface area contributed by atoms with Crippen LogP contribution in [0.15, 0.2) is 23.3 Å². The lowest BCUT2D eigenvalue weighted by molar-refractivity contribution is -0.139. The van der Waals surface area contributed by atoms with Crippen LogP contribution in [0.4, 0.5) is 13.2 Å². The van der Waals surface area contributed by atoms with Crippen molar-refractivity contribution in [1.29, 1.82) is 0 Å². The molecule has 0 heterocycles. The lowest BCUT2D eigenvalue weighted by Crippen LogP contribution is -2.29. The molecule has 5 N–H and O–H groups in total. The average molecular weight is 485 g/mol. The number of thiocarbonyl (C=S) groups is 1. The molecule has 0 amide bonds. The van der Waals surface area contributed by atoms with Crippen molar-refractivity contribution in [1.82, 2.24) is 5.43 Å². The number of rotatable bonds is 14. The summed E-state index contributed by atoms with van der Waals surface area (Å²) in [6, 6.07) is 2.73. The highest BCUT2D eigenvalue weighted by Crippen LogP contribution is 2.37. The summed E-state index contributed by atoms with van der Waals surface area (Å²) >= 11 is 5.07. The number of benzene rings is 1. The van der Waals surface area contributed by atoms with E-state index in [0.717, 1.165) is 12.5 Å². The molecule has 0 aromatic heterocycles. The molecule has 1 rings (SSSR count). The third-order valence-electron chi connectivity index (χ3n) is 3.65. The van der Waals surface area contributed by atoms with E-state index in [1.165, 1.54) is 18.3 Å². The van der Waals surface area contributed by atoms with E-state index in [2.05, 4.69) is 15.1 Å². The number of alkyl halides is 3. The van der Waals surface area contributed by atoms with Crippen molar-refractivity contribution in [2.24, 2.45) is 10.8 Å². The van der Waals surface area contributed by atoms with Crippen LogP contribution in [0.25, 0.3) is 0 Å². The summed E-state index contributed by atoms with van der Waals surface area (Å²) in [5.41, 5.74) is 7.17. The number of nitrogens with two attached hydrogens (primary N) is 1. The van der Waals surface area contributed by atoms with Crippen LogP contribution in [-0.4, -0.2) is 53.5 Å². The van der Waals surface area contributed by atoms with Gasteiger partial charge in [-0.15, -0.1) is 0 Å². The Labute approximate surface area is 185 Å². The molecule has 8 nitrogen and oxygen atoms in total. The zero-order valence-electron chi connectivity index (χ0n) is 17.0. The minimum Gasteiger partial charge on any atom is -0.493 e. The summed E-state index contributed by atoms with van der Waals surface area (Å²) in [4.78, 5) is 17.2. The predicted octanol–water partition coefficient (Wildman–Crippen LogP) is 3.10. The quantitative estimate of drug-likeness (QED) is 0.104. The number of hydrazone groups is 1. The molecule has 0 fully saturated rings. The number of halogens is 3. The third-order valence-corrected chi connectivity index (χ3v) is 4.36. The molecular formula is C18H27F3N3O5PS. The zero-order valence-corrected chi connectivity index (χ0v) is 18.7. The molecule has 1 atom stereocenters. The molecule has 0 radical (unpaired) electrons. The van der Waals surface area contributed by atoms with E-state index >= 15 is 0 Å². The molecule has 0 aliphatic heterocycles. The maximum atomic E-state index is 13.5. The molecule has 1 unspecified atom stereocenters. The van der Waals surface area contributed by atoms with E-state index in [0.29, 0.717) is 26.1 Å². The van der Waals surface area contributed by atoms with Crippen molar-refractivity contribution >= 4 is 32.0 Å². The van der Waals surface area contributed by atoms with Crippen LogP contribution < -0.4 is 15.9 Å². The highest BCUT2D eigenvalue weighted by atomic mass is 32.1. The fraction of sp³-hybridized carbons (Fsp3) is 0.556. The van der Waals surface area contributed by atoms with Gasteiger partial charge in [0.1, 0.15) is 10.7 Å². The molecule has 13 heteroatoms. The topological polar surface area (TPSA) is 119 Å². The Morgan fingerprint density at radius 3 is 2.65 bits per heavy atom. The average Bonchev–Trinajstić information content (AvgIpc) is 2.70. The molecule has 1 aromatic carbocycles. The van der Waals surface area contributed by atoms with Crippen molar-refractivity contribution < 1.29 is 37.0 Å². The first-order valence-electron chi connectivity index (χ1n) is 9.46. The van der Waals surface area contributed by atoms with Crippen LogP contribution >= 0.6 is 20.8 Å². The molecule has 0 saturated heterocycles. The van der Waals surface area contributed by atoms with E-state index in [4.69, 9.17) is 37.2 Å². The number of nitrogens with one attached hydrogen (secondary N) is 1. The highest BCUT2D eigenvalue weighted by Gasteiger charge is 2.35. The molecular weight excluding hydrogens is 458 g/mol. The van der Waals surface area contributed by atoms with Gasteiger partial charge in [0.05, 0.1) is 24.8 Å². The van der Waals surface area contributed by atoms with Gasteiger partial charge in [-0.25, -0.2) is 0 Å². The molecule has 31 heavy (non-hydrogen) atoms. The molecule has 1 aromatic rings. The Balaban J connectivity index is 2.67. The van der Waals surface area contributed by atoms with Gasteiger partial charge in [-0.3, -0.25) is 5.43 Å². The Hall–Kier alpha value is -1.40. The van der Waals surface area contributed by atoms with E-state index in [9.17, 15) is 13.2 Å². The van der Waals surface area contributed by atoms with Gasteiger partial charge in [-0.05, 0) is 37.5 Å². The number of ether oxygens (including phenoxy) is 2. The summed E-state index contributed by atoms with van der Waals surface area (Å²) in [6.07, 6.45) is -1.28. The smallest absolute Gasteiger partial charge is 0.419 e. The Kier molecular flexibility index (Phi) is 13.0. The normalized spacial score (nSPS) is 13.0. The van der Waals surface area contributed by atoms with Crippen LogP contribution in [0, 0.1) is 0 Å². The summed E-state index contributed by atoms with van der Waals surface area (Å²) in [7, 11) is -2.54. The third kappa shape index (κ3) is 11.7. The van der Waals surface area contributed by atoms with Gasteiger partial charge >= 0.3 is 14.8 Å². The van der Waals surface area contributed by atoms with Gasteiger partial charge in [0.2, 0.25) is 0 Å². The molecule has 0 aliphatic carbocycles. The Bertz CT molecular complexity index is 711. The molecule has 0 bridgehead atoms. The van der Waals surface area contributed by atoms with Gasteiger partial charge in [0.15, 0.2) is 0 Å². The van der Waals surface area contributed by atoms with Gasteiger partial charge in [-0.1, -0.05) is 19.1 Å². The van der Waals surface area contributed by atoms with Crippen molar-refractivity contribution in [2.45, 2.75) is 38.4 Å². The second-order valence-electron chi connectivity index (χ2n) is 6.31. The maximum Gasteiger partial charge on any atom is 0.419 e. The SMILES string of the molecule is CCCOCCCCOc1ccc(C(=S)N/N=C/C(N)COP(O)O)cc1C(F)(F)F. The van der Waals surface area contributed by atoms with Gasteiger partial charge in [-0.2, -0.15) is 18.3 Å². The monoisotopic (exact) mass is 485 g/mol. The lowest BCUT2D eigenvalue weighted by Gasteiger charge is -2.16. The Morgan fingerprint density at radius 2 is 2.00 bits per heavy atom. The van der Waals surface area contributed by atoms with Crippen LogP contribution in [0.5, 0.6) is 5.75 Å². The lowest BCUT2D eigenvalue weighted by atomic mass is 10.1. The number of unbranched alkanes of at least 4 members (excludes halogenated alkanes) is 1. The van der Waals surface area contributed by atoms with Crippen molar-refractivity contribution in [2.75, 3.05) is 26.4 Å². The van der Waals surface area contributed by atoms with E-state index < -0.39 is 26.4 Å². The van der Waals surface area contributed by atoms with Crippen LogP contribution in [-0.2, 0) is 15.4 Å². The van der Waals surface area contributed by atoms with Crippen LogP contribution in [0.3, 0.4) is 0 Å². The summed E-state index contributed by atoms with van der Waals surface area (Å²) < 4.78 is 55.5. The van der Waals surface area contributed by atoms with Crippen molar-refractivity contribution in [3.63, 3.8) is 0 Å². The second-order valence-corrected chi connectivity index (χ2v) is 7.48. The van der Waals surface area contributed by atoms with E-state index in [1.807, 2.05) is 6.92 Å². The summed E-state index contributed by atoms with van der Waals surface area (Å²) in [6.45, 7) is 3.12.